The largest absolute Gasteiger partial charge is 0.497 e. The lowest BCUT2D eigenvalue weighted by Crippen LogP contribution is -2.39. The number of hydrogen-bond donors (Lipinski definition) is 2. The van der Waals surface area contributed by atoms with Crippen molar-refractivity contribution in [3.05, 3.63) is 45.9 Å². The molecule has 30 heavy (non-hydrogen) atoms. The van der Waals surface area contributed by atoms with E-state index in [1.165, 1.54) is 28.3 Å². The van der Waals surface area contributed by atoms with Crippen LogP contribution < -0.4 is 15.4 Å². The van der Waals surface area contributed by atoms with Crippen molar-refractivity contribution in [1.29, 1.82) is 0 Å². The standard InChI is InChI=1S/C23H35N5OS/c1-4-24-23(25-12-9-22-26-15-18(2)30-22)27-16-19-10-13-28(14-11-19)17-20-5-7-21(29-3)8-6-20/h5-8,15,19H,4,9-14,16-17H2,1-3H3,(H2,24,25,27). The van der Waals surface area contributed by atoms with Gasteiger partial charge in [0.25, 0.3) is 0 Å². The Labute approximate surface area is 184 Å². The topological polar surface area (TPSA) is 61.8 Å². The van der Waals surface area contributed by atoms with Crippen molar-refractivity contribution < 1.29 is 4.74 Å². The number of thiazole rings is 1. The molecule has 0 unspecified atom stereocenters. The molecule has 1 aromatic carbocycles. The molecule has 0 aliphatic carbocycles. The fourth-order valence-electron chi connectivity index (χ4n) is 3.68. The Hall–Kier alpha value is -2.12. The molecule has 0 amide bonds. The Balaban J connectivity index is 1.39. The van der Waals surface area contributed by atoms with Gasteiger partial charge in [-0.1, -0.05) is 12.1 Å². The number of rotatable bonds is 9. The highest BCUT2D eigenvalue weighted by Gasteiger charge is 2.19. The quantitative estimate of drug-likeness (QED) is 0.472. The second kappa shape index (κ2) is 11.9. The fraction of sp³-hybridized carbons (Fsp3) is 0.565. The van der Waals surface area contributed by atoms with Crippen LogP contribution in [0, 0.1) is 12.8 Å². The van der Waals surface area contributed by atoms with Crippen LogP contribution in [0.5, 0.6) is 5.75 Å². The molecule has 2 N–H and O–H groups in total. The van der Waals surface area contributed by atoms with Gasteiger partial charge < -0.3 is 15.4 Å². The Morgan fingerprint density at radius 1 is 1.23 bits per heavy atom. The van der Waals surface area contributed by atoms with Gasteiger partial charge in [-0.15, -0.1) is 11.3 Å². The Kier molecular flexibility index (Phi) is 8.96. The van der Waals surface area contributed by atoms with Crippen molar-refractivity contribution in [3.63, 3.8) is 0 Å². The third kappa shape index (κ3) is 7.29. The number of aromatic nitrogens is 1. The molecule has 0 spiro atoms. The number of methoxy groups -OCH3 is 1. The zero-order valence-electron chi connectivity index (χ0n) is 18.5. The second-order valence-corrected chi connectivity index (χ2v) is 9.15. The lowest BCUT2D eigenvalue weighted by Gasteiger charge is -2.31. The summed E-state index contributed by atoms with van der Waals surface area (Å²) >= 11 is 1.77. The summed E-state index contributed by atoms with van der Waals surface area (Å²) in [5, 5.41) is 8.00. The van der Waals surface area contributed by atoms with Gasteiger partial charge in [0, 0.05) is 43.7 Å². The van der Waals surface area contributed by atoms with Gasteiger partial charge in [-0.3, -0.25) is 9.89 Å². The molecule has 164 valence electrons. The smallest absolute Gasteiger partial charge is 0.191 e. The number of piperidine rings is 1. The van der Waals surface area contributed by atoms with E-state index in [1.807, 2.05) is 18.3 Å². The Morgan fingerprint density at radius 3 is 2.63 bits per heavy atom. The number of ether oxygens (including phenoxy) is 1. The van der Waals surface area contributed by atoms with E-state index < -0.39 is 0 Å². The molecule has 0 radical (unpaired) electrons. The molecule has 3 rings (SSSR count). The van der Waals surface area contributed by atoms with Crippen molar-refractivity contribution in [1.82, 2.24) is 20.5 Å². The van der Waals surface area contributed by atoms with Gasteiger partial charge in [-0.05, 0) is 63.4 Å². The zero-order chi connectivity index (χ0) is 21.2. The van der Waals surface area contributed by atoms with Gasteiger partial charge in [0.1, 0.15) is 5.75 Å². The maximum absolute atomic E-state index is 5.25. The lowest BCUT2D eigenvalue weighted by molar-refractivity contribution is 0.180. The molecular weight excluding hydrogens is 394 g/mol. The average molecular weight is 430 g/mol. The van der Waals surface area contributed by atoms with E-state index in [4.69, 9.17) is 9.73 Å². The third-order valence-corrected chi connectivity index (χ3v) is 6.40. The van der Waals surface area contributed by atoms with Gasteiger partial charge >= 0.3 is 0 Å². The number of nitrogens with one attached hydrogen (secondary N) is 2. The highest BCUT2D eigenvalue weighted by molar-refractivity contribution is 7.11. The fourth-order valence-corrected chi connectivity index (χ4v) is 4.47. The average Bonchev–Trinajstić information content (AvgIpc) is 3.18. The number of likely N-dealkylation sites (tertiary alicyclic amines) is 1. The molecule has 1 fully saturated rings. The molecule has 2 heterocycles. The van der Waals surface area contributed by atoms with Gasteiger partial charge in [0.2, 0.25) is 0 Å². The van der Waals surface area contributed by atoms with Crippen molar-refractivity contribution in [2.75, 3.05) is 39.8 Å². The molecule has 0 bridgehead atoms. The molecule has 1 aliphatic heterocycles. The number of aryl methyl sites for hydroxylation is 1. The highest BCUT2D eigenvalue weighted by atomic mass is 32.1. The Bertz CT molecular complexity index is 781. The SMILES string of the molecule is CCNC(=NCC1CCN(Cc2ccc(OC)cc2)CC1)NCCc1ncc(C)s1. The minimum atomic E-state index is 0.661. The van der Waals surface area contributed by atoms with Crippen LogP contribution in [0.2, 0.25) is 0 Å². The van der Waals surface area contributed by atoms with Gasteiger partial charge in [-0.25, -0.2) is 4.98 Å². The van der Waals surface area contributed by atoms with Crippen LogP contribution in [0.1, 0.15) is 35.2 Å². The highest BCUT2D eigenvalue weighted by Crippen LogP contribution is 2.20. The summed E-state index contributed by atoms with van der Waals surface area (Å²) in [6.45, 7) is 10.1. The van der Waals surface area contributed by atoms with E-state index in [9.17, 15) is 0 Å². The van der Waals surface area contributed by atoms with Crippen molar-refractivity contribution >= 4 is 17.3 Å². The third-order valence-electron chi connectivity index (χ3n) is 5.42. The molecule has 2 aromatic rings. The number of hydrogen-bond acceptors (Lipinski definition) is 5. The molecular formula is C23H35N5OS. The van der Waals surface area contributed by atoms with E-state index in [2.05, 4.69) is 46.5 Å². The minimum absolute atomic E-state index is 0.661. The van der Waals surface area contributed by atoms with Crippen LogP contribution in [-0.2, 0) is 13.0 Å². The van der Waals surface area contributed by atoms with Crippen LogP contribution in [0.3, 0.4) is 0 Å². The first-order chi connectivity index (χ1) is 14.7. The summed E-state index contributed by atoms with van der Waals surface area (Å²) in [4.78, 5) is 13.1. The summed E-state index contributed by atoms with van der Waals surface area (Å²) in [6.07, 6.45) is 5.29. The van der Waals surface area contributed by atoms with Crippen LogP contribution in [0.15, 0.2) is 35.5 Å². The number of guanidine groups is 1. The molecule has 7 heteroatoms. The van der Waals surface area contributed by atoms with E-state index in [0.717, 1.165) is 57.4 Å². The molecule has 1 aliphatic rings. The zero-order valence-corrected chi connectivity index (χ0v) is 19.3. The van der Waals surface area contributed by atoms with Gasteiger partial charge in [0.15, 0.2) is 5.96 Å². The van der Waals surface area contributed by atoms with E-state index in [1.54, 1.807) is 18.4 Å². The normalized spacial score (nSPS) is 15.9. The van der Waals surface area contributed by atoms with Crippen LogP contribution in [-0.4, -0.2) is 55.7 Å². The van der Waals surface area contributed by atoms with Crippen molar-refractivity contribution in [3.8, 4) is 5.75 Å². The van der Waals surface area contributed by atoms with Crippen LogP contribution in [0.4, 0.5) is 0 Å². The number of nitrogens with zero attached hydrogens (tertiary/aromatic N) is 3. The maximum Gasteiger partial charge on any atom is 0.191 e. The van der Waals surface area contributed by atoms with Gasteiger partial charge in [-0.2, -0.15) is 0 Å². The summed E-state index contributed by atoms with van der Waals surface area (Å²) in [5.74, 6) is 2.50. The van der Waals surface area contributed by atoms with E-state index in [-0.39, 0.29) is 0 Å². The van der Waals surface area contributed by atoms with Gasteiger partial charge in [0.05, 0.1) is 12.1 Å². The first-order valence-electron chi connectivity index (χ1n) is 10.9. The molecule has 1 aromatic heterocycles. The predicted octanol–water partition coefficient (Wildman–Crippen LogP) is 3.47. The number of benzene rings is 1. The summed E-state index contributed by atoms with van der Waals surface area (Å²) in [6, 6.07) is 8.41. The first-order valence-corrected chi connectivity index (χ1v) is 11.8. The maximum atomic E-state index is 5.25. The summed E-state index contributed by atoms with van der Waals surface area (Å²) in [7, 11) is 1.71. The number of aliphatic imine (C=N–C) groups is 1. The lowest BCUT2D eigenvalue weighted by atomic mass is 9.96. The van der Waals surface area contributed by atoms with Crippen LogP contribution in [0.25, 0.3) is 0 Å². The molecule has 0 saturated carbocycles. The van der Waals surface area contributed by atoms with Crippen LogP contribution >= 0.6 is 11.3 Å². The Morgan fingerprint density at radius 2 is 2.00 bits per heavy atom. The predicted molar refractivity (Wildman–Crippen MR) is 126 cm³/mol. The second-order valence-electron chi connectivity index (χ2n) is 7.83. The van der Waals surface area contributed by atoms with Crippen molar-refractivity contribution in [2.45, 2.75) is 39.7 Å². The minimum Gasteiger partial charge on any atom is -0.497 e. The van der Waals surface area contributed by atoms with Crippen molar-refractivity contribution in [2.24, 2.45) is 10.9 Å². The molecule has 0 atom stereocenters. The summed E-state index contributed by atoms with van der Waals surface area (Å²) < 4.78 is 5.25. The first kappa shape index (κ1) is 22.6. The monoisotopic (exact) mass is 429 g/mol. The van der Waals surface area contributed by atoms with E-state index >= 15 is 0 Å². The molecule has 1 saturated heterocycles. The van der Waals surface area contributed by atoms with E-state index in [0.29, 0.717) is 5.92 Å². The summed E-state index contributed by atoms with van der Waals surface area (Å²) in [5.41, 5.74) is 1.35. The molecule has 6 nitrogen and oxygen atoms in total.